The van der Waals surface area contributed by atoms with Gasteiger partial charge in [0.25, 0.3) is 0 Å². The summed E-state index contributed by atoms with van der Waals surface area (Å²) in [6.45, 7) is 8.91. The Morgan fingerprint density at radius 2 is 1.10 bits per heavy atom. The Hall–Kier alpha value is -6.07. The highest BCUT2D eigenvalue weighted by atomic mass is 15.0. The van der Waals surface area contributed by atoms with E-state index in [1.165, 1.54) is 16.7 Å². The minimum atomic E-state index is -0.191. The van der Waals surface area contributed by atoms with Gasteiger partial charge in [-0.3, -0.25) is 9.97 Å². The first-order valence-electron chi connectivity index (χ1n) is 16.2. The molecule has 4 aromatic carbocycles. The van der Waals surface area contributed by atoms with E-state index < -0.39 is 0 Å². The Labute approximate surface area is 280 Å². The quantitative estimate of drug-likeness (QED) is 0.196. The van der Waals surface area contributed by atoms with Gasteiger partial charge in [-0.1, -0.05) is 93.3 Å². The van der Waals surface area contributed by atoms with Crippen LogP contribution >= 0.6 is 0 Å². The zero-order valence-electron chi connectivity index (χ0n) is 26.9. The number of aromatic nitrogens is 5. The number of nitrogens with zero attached hydrogens (tertiary/aromatic N) is 5. The predicted octanol–water partition coefficient (Wildman–Crippen LogP) is 10.1. The number of hydrogen-bond acceptors (Lipinski definition) is 5. The second kappa shape index (κ2) is 11.9. The highest BCUT2D eigenvalue weighted by molar-refractivity contribution is 5.85. The van der Waals surface area contributed by atoms with Crippen molar-refractivity contribution >= 4 is 21.8 Å². The molecule has 0 spiro atoms. The van der Waals surface area contributed by atoms with Crippen LogP contribution in [0.5, 0.6) is 0 Å². The van der Waals surface area contributed by atoms with Crippen molar-refractivity contribution < 1.29 is 0 Å². The highest BCUT2D eigenvalue weighted by Gasteiger charge is 2.26. The zero-order chi connectivity index (χ0) is 32.7. The van der Waals surface area contributed by atoms with Crippen molar-refractivity contribution in [3.8, 4) is 45.3 Å². The highest BCUT2D eigenvalue weighted by Crippen LogP contribution is 2.38. The summed E-state index contributed by atoms with van der Waals surface area (Å²) < 4.78 is 0. The molecule has 230 valence electrons. The summed E-state index contributed by atoms with van der Waals surface area (Å²) in [7, 11) is 0. The molecule has 3 heterocycles. The number of allylic oxidation sites excluding steroid dienone is 5. The molecule has 8 rings (SSSR count). The van der Waals surface area contributed by atoms with E-state index in [0.717, 1.165) is 56.1 Å². The first kappa shape index (κ1) is 29.3. The Balaban J connectivity index is 1.21. The summed E-state index contributed by atoms with van der Waals surface area (Å²) in [5.74, 6) is 1.84. The first-order chi connectivity index (χ1) is 23.4. The number of benzene rings is 4. The molecule has 7 aromatic rings. The van der Waals surface area contributed by atoms with Crippen LogP contribution in [0.15, 0.2) is 152 Å². The van der Waals surface area contributed by atoms with Crippen LogP contribution in [0.25, 0.3) is 67.1 Å². The topological polar surface area (TPSA) is 64.5 Å². The lowest BCUT2D eigenvalue weighted by molar-refractivity contribution is 0.635. The first-order valence-corrected chi connectivity index (χ1v) is 16.2. The molecular weight excluding hydrogens is 587 g/mol. The third-order valence-electron chi connectivity index (χ3n) is 9.30. The summed E-state index contributed by atoms with van der Waals surface area (Å²) in [6, 6.07) is 35.5. The molecule has 1 aliphatic carbocycles. The fraction of sp³-hybridized carbons (Fsp3) is 0.0930. The van der Waals surface area contributed by atoms with Gasteiger partial charge in [-0.05, 0) is 88.8 Å². The average Bonchev–Trinajstić information content (AvgIpc) is 3.18. The lowest BCUT2D eigenvalue weighted by atomic mass is 9.75. The smallest absolute Gasteiger partial charge is 0.164 e. The molecule has 0 fully saturated rings. The van der Waals surface area contributed by atoms with Crippen LogP contribution in [0.2, 0.25) is 0 Å². The van der Waals surface area contributed by atoms with Crippen molar-refractivity contribution in [3.05, 3.63) is 163 Å². The van der Waals surface area contributed by atoms with Crippen molar-refractivity contribution in [2.24, 2.45) is 0 Å². The minimum absolute atomic E-state index is 0.191. The van der Waals surface area contributed by atoms with E-state index in [9.17, 15) is 0 Å². The second-order valence-corrected chi connectivity index (χ2v) is 12.7. The van der Waals surface area contributed by atoms with E-state index >= 15 is 0 Å². The third-order valence-corrected chi connectivity index (χ3v) is 9.30. The van der Waals surface area contributed by atoms with Gasteiger partial charge in [-0.2, -0.15) is 0 Å². The van der Waals surface area contributed by atoms with Gasteiger partial charge in [0.2, 0.25) is 0 Å². The van der Waals surface area contributed by atoms with Crippen LogP contribution in [-0.2, 0) is 11.8 Å². The molecule has 0 atom stereocenters. The normalized spacial score (nSPS) is 15.3. The molecule has 0 saturated carbocycles. The summed E-state index contributed by atoms with van der Waals surface area (Å²) in [4.78, 5) is 24.0. The minimum Gasteiger partial charge on any atom is -0.256 e. The van der Waals surface area contributed by atoms with Gasteiger partial charge < -0.3 is 0 Å². The van der Waals surface area contributed by atoms with Gasteiger partial charge in [-0.15, -0.1) is 0 Å². The Morgan fingerprint density at radius 3 is 1.73 bits per heavy atom. The van der Waals surface area contributed by atoms with Crippen molar-refractivity contribution in [1.29, 1.82) is 0 Å². The Kier molecular flexibility index (Phi) is 7.30. The summed E-state index contributed by atoms with van der Waals surface area (Å²) in [6.07, 6.45) is 13.0. The monoisotopic (exact) mass is 619 g/mol. The average molecular weight is 620 g/mol. The Bertz CT molecular complexity index is 2320. The van der Waals surface area contributed by atoms with Crippen LogP contribution in [0.1, 0.15) is 25.0 Å². The fourth-order valence-corrected chi connectivity index (χ4v) is 6.35. The molecule has 5 heteroatoms. The van der Waals surface area contributed by atoms with Crippen LogP contribution in [0, 0.1) is 0 Å². The van der Waals surface area contributed by atoms with Crippen molar-refractivity contribution in [1.82, 2.24) is 24.9 Å². The molecule has 3 aromatic heterocycles. The van der Waals surface area contributed by atoms with Crippen molar-refractivity contribution in [2.45, 2.75) is 25.7 Å². The standard InChI is InChI=1S/C43H33N5/c1-28-9-5-4-6-10-30-15-18-32(27-37(30)43(28,2)3)29-13-16-31(17-14-29)40-46-41(35-19-21-38-33(25-35)11-7-23-44-38)48-42(47-40)36-20-22-39-34(26-36)12-8-24-45-39/h4-9,11-27H,1,10H2,2-3H3/b6-4-,9-5-. The number of pyridine rings is 2. The maximum absolute atomic E-state index is 5.01. The lowest BCUT2D eigenvalue weighted by Gasteiger charge is -2.29. The molecular formula is C43H33N5. The van der Waals surface area contributed by atoms with Crippen molar-refractivity contribution in [2.75, 3.05) is 0 Å². The van der Waals surface area contributed by atoms with Gasteiger partial charge >= 0.3 is 0 Å². The fourth-order valence-electron chi connectivity index (χ4n) is 6.35. The van der Waals surface area contributed by atoms with E-state index in [1.807, 2.05) is 36.4 Å². The van der Waals surface area contributed by atoms with Gasteiger partial charge in [-0.25, -0.2) is 15.0 Å². The maximum Gasteiger partial charge on any atom is 0.164 e. The van der Waals surface area contributed by atoms with Crippen molar-refractivity contribution in [3.63, 3.8) is 0 Å². The zero-order valence-corrected chi connectivity index (χ0v) is 26.9. The molecule has 0 N–H and O–H groups in total. The van der Waals surface area contributed by atoms with E-state index in [-0.39, 0.29) is 5.41 Å². The van der Waals surface area contributed by atoms with E-state index in [0.29, 0.717) is 17.5 Å². The summed E-state index contributed by atoms with van der Waals surface area (Å²) in [5.41, 5.74) is 10.4. The number of fused-ring (bicyclic) bond motifs is 3. The molecule has 0 unspecified atom stereocenters. The van der Waals surface area contributed by atoms with E-state index in [4.69, 9.17) is 15.0 Å². The summed E-state index contributed by atoms with van der Waals surface area (Å²) in [5, 5.41) is 2.07. The van der Waals surface area contributed by atoms with Gasteiger partial charge in [0.05, 0.1) is 11.0 Å². The van der Waals surface area contributed by atoms with Gasteiger partial charge in [0.15, 0.2) is 17.5 Å². The van der Waals surface area contributed by atoms with Crippen LogP contribution in [0.4, 0.5) is 0 Å². The molecule has 0 saturated heterocycles. The molecule has 0 amide bonds. The van der Waals surface area contributed by atoms with Crippen LogP contribution < -0.4 is 0 Å². The molecule has 0 aliphatic heterocycles. The molecule has 0 radical (unpaired) electrons. The SMILES string of the molecule is C=C1/C=C\C=C/Cc2ccc(-c3ccc(-c4nc(-c5ccc6ncccc6c5)nc(-c5ccc6ncccc6c5)n4)cc3)cc2C1(C)C. The van der Waals surface area contributed by atoms with Crippen LogP contribution in [0.3, 0.4) is 0 Å². The molecule has 1 aliphatic rings. The van der Waals surface area contributed by atoms with E-state index in [1.54, 1.807) is 12.4 Å². The van der Waals surface area contributed by atoms with Gasteiger partial charge in [0, 0.05) is 45.3 Å². The largest absolute Gasteiger partial charge is 0.256 e. The number of rotatable bonds is 4. The van der Waals surface area contributed by atoms with E-state index in [2.05, 4.69) is 121 Å². The Morgan fingerprint density at radius 1 is 0.562 bits per heavy atom. The summed E-state index contributed by atoms with van der Waals surface area (Å²) >= 11 is 0. The maximum atomic E-state index is 5.01. The molecule has 5 nitrogen and oxygen atoms in total. The second-order valence-electron chi connectivity index (χ2n) is 12.7. The lowest BCUT2D eigenvalue weighted by Crippen LogP contribution is -2.20. The predicted molar refractivity (Wildman–Crippen MR) is 196 cm³/mol. The van der Waals surface area contributed by atoms with Crippen LogP contribution in [-0.4, -0.2) is 24.9 Å². The molecule has 48 heavy (non-hydrogen) atoms. The number of hydrogen-bond donors (Lipinski definition) is 0. The van der Waals surface area contributed by atoms with Gasteiger partial charge in [0.1, 0.15) is 0 Å². The third kappa shape index (κ3) is 5.50. The molecule has 0 bridgehead atoms.